The molecule has 3 nitrogen and oxygen atoms in total. The number of benzene rings is 2. The van der Waals surface area contributed by atoms with Crippen molar-refractivity contribution < 1.29 is 4.79 Å². The van der Waals surface area contributed by atoms with E-state index in [1.807, 2.05) is 42.5 Å². The molecule has 1 aliphatic rings. The summed E-state index contributed by atoms with van der Waals surface area (Å²) in [4.78, 5) is 13.4. The fraction of sp³-hybridized carbons (Fsp3) is 0.0625. The Morgan fingerprint density at radius 1 is 1.14 bits per heavy atom. The zero-order chi connectivity index (χ0) is 15.0. The average molecular weight is 364 g/mol. The lowest BCUT2D eigenvalue weighted by Crippen LogP contribution is -2.36. The molecule has 0 aromatic heterocycles. The van der Waals surface area contributed by atoms with Gasteiger partial charge in [-0.15, -0.1) is 0 Å². The fourth-order valence-electron chi connectivity index (χ4n) is 2.40. The van der Waals surface area contributed by atoms with E-state index >= 15 is 0 Å². The van der Waals surface area contributed by atoms with Gasteiger partial charge in [-0.25, -0.2) is 4.79 Å². The number of hydrogen-bond acceptors (Lipinski definition) is 1. The minimum absolute atomic E-state index is 0.427. The molecule has 5 heteroatoms. The lowest BCUT2D eigenvalue weighted by molar-refractivity contribution is 0.253. The summed E-state index contributed by atoms with van der Waals surface area (Å²) in [5, 5.41) is 0.623. The van der Waals surface area contributed by atoms with Crippen LogP contribution >= 0.6 is 27.5 Å². The van der Waals surface area contributed by atoms with Crippen LogP contribution in [0.3, 0.4) is 0 Å². The maximum absolute atomic E-state index is 11.8. The number of carbonyl (C=O) groups excluding carboxylic acids is 1. The normalized spacial score (nSPS) is 13.1. The van der Waals surface area contributed by atoms with Crippen molar-refractivity contribution in [2.24, 2.45) is 5.73 Å². The number of nitrogens with two attached hydrogens (primary N) is 1. The average Bonchev–Trinajstić information content (AvgIpc) is 2.42. The summed E-state index contributed by atoms with van der Waals surface area (Å²) in [5.41, 5.74) is 9.26. The van der Waals surface area contributed by atoms with Crippen LogP contribution < -0.4 is 10.6 Å². The van der Waals surface area contributed by atoms with Crippen molar-refractivity contribution in [3.63, 3.8) is 0 Å². The molecule has 0 radical (unpaired) electrons. The summed E-state index contributed by atoms with van der Waals surface area (Å²) in [6.45, 7) is 0.427. The van der Waals surface area contributed by atoms with Crippen LogP contribution in [-0.2, 0) is 6.54 Å². The Morgan fingerprint density at radius 2 is 1.90 bits per heavy atom. The largest absolute Gasteiger partial charge is 0.351 e. The summed E-state index contributed by atoms with van der Waals surface area (Å²) in [6, 6.07) is 10.9. The Bertz CT molecular complexity index is 758. The van der Waals surface area contributed by atoms with Gasteiger partial charge in [-0.3, -0.25) is 4.90 Å². The molecule has 1 aliphatic heterocycles. The van der Waals surface area contributed by atoms with Crippen LogP contribution in [0, 0.1) is 0 Å². The Morgan fingerprint density at radius 3 is 2.67 bits per heavy atom. The van der Waals surface area contributed by atoms with Crippen LogP contribution in [0.15, 0.2) is 40.9 Å². The van der Waals surface area contributed by atoms with E-state index < -0.39 is 6.03 Å². The Kier molecular flexibility index (Phi) is 3.74. The van der Waals surface area contributed by atoms with Gasteiger partial charge in [-0.05, 0) is 47.0 Å². The van der Waals surface area contributed by atoms with Gasteiger partial charge in [0, 0.05) is 9.50 Å². The lowest BCUT2D eigenvalue weighted by atomic mass is 10.0. The number of nitrogens with zero attached hydrogens (tertiary/aromatic N) is 1. The SMILES string of the molecule is NC(=O)N1Cc2ccc(Br)cc2C=Cc2cc(Cl)ccc21. The zero-order valence-corrected chi connectivity index (χ0v) is 13.4. The highest BCUT2D eigenvalue weighted by molar-refractivity contribution is 9.10. The van der Waals surface area contributed by atoms with E-state index in [2.05, 4.69) is 15.9 Å². The number of halogens is 2. The van der Waals surface area contributed by atoms with Gasteiger partial charge in [0.05, 0.1) is 12.2 Å². The molecule has 2 aromatic carbocycles. The molecule has 2 amide bonds. The van der Waals surface area contributed by atoms with Crippen LogP contribution in [0.1, 0.15) is 16.7 Å². The smallest absolute Gasteiger partial charge is 0.319 e. The van der Waals surface area contributed by atoms with E-state index in [9.17, 15) is 4.79 Å². The molecule has 3 rings (SSSR count). The van der Waals surface area contributed by atoms with Crippen molar-refractivity contribution >= 4 is 51.4 Å². The molecule has 0 saturated heterocycles. The van der Waals surface area contributed by atoms with Crippen LogP contribution in [0.25, 0.3) is 12.2 Å². The summed E-state index contributed by atoms with van der Waals surface area (Å²) in [7, 11) is 0. The van der Waals surface area contributed by atoms with E-state index in [4.69, 9.17) is 17.3 Å². The van der Waals surface area contributed by atoms with Crippen molar-refractivity contribution in [2.45, 2.75) is 6.54 Å². The van der Waals surface area contributed by atoms with Gasteiger partial charge in [0.25, 0.3) is 0 Å². The van der Waals surface area contributed by atoms with Gasteiger partial charge in [-0.2, -0.15) is 0 Å². The van der Waals surface area contributed by atoms with Crippen molar-refractivity contribution in [3.8, 4) is 0 Å². The standard InChI is InChI=1S/C16H12BrClN2O/c17-13-4-3-12-9-20(16(19)21)15-6-5-14(18)8-11(15)2-1-10(12)7-13/h1-8H,9H2,(H2,19,21). The molecule has 2 aromatic rings. The first kappa shape index (κ1) is 14.2. The topological polar surface area (TPSA) is 46.3 Å². The van der Waals surface area contributed by atoms with Crippen LogP contribution in [-0.4, -0.2) is 6.03 Å². The number of primary amides is 1. The maximum atomic E-state index is 11.8. The minimum Gasteiger partial charge on any atom is -0.351 e. The number of anilines is 1. The van der Waals surface area contributed by atoms with Crippen LogP contribution in [0.5, 0.6) is 0 Å². The third-order valence-corrected chi connectivity index (χ3v) is 4.15. The van der Waals surface area contributed by atoms with Crippen LogP contribution in [0.4, 0.5) is 10.5 Å². The molecule has 106 valence electrons. The van der Waals surface area contributed by atoms with Gasteiger partial charge < -0.3 is 5.73 Å². The number of carbonyl (C=O) groups is 1. The Labute approximate surface area is 136 Å². The van der Waals surface area contributed by atoms with E-state index in [1.54, 1.807) is 11.0 Å². The first-order valence-electron chi connectivity index (χ1n) is 6.37. The van der Waals surface area contributed by atoms with Gasteiger partial charge >= 0.3 is 6.03 Å². The quantitative estimate of drug-likeness (QED) is 0.726. The van der Waals surface area contributed by atoms with Crippen molar-refractivity contribution in [3.05, 3.63) is 62.6 Å². The molecule has 0 aliphatic carbocycles. The lowest BCUT2D eigenvalue weighted by Gasteiger charge is -2.25. The predicted molar refractivity (Wildman–Crippen MR) is 90.3 cm³/mol. The molecular weight excluding hydrogens is 352 g/mol. The summed E-state index contributed by atoms with van der Waals surface area (Å²) in [6.07, 6.45) is 3.97. The number of fused-ring (bicyclic) bond motifs is 2. The molecule has 1 heterocycles. The van der Waals surface area contributed by atoms with Gasteiger partial charge in [0.2, 0.25) is 0 Å². The van der Waals surface area contributed by atoms with E-state index in [0.29, 0.717) is 11.6 Å². The Hall–Kier alpha value is -1.78. The minimum atomic E-state index is -0.484. The van der Waals surface area contributed by atoms with Gasteiger partial charge in [-0.1, -0.05) is 45.7 Å². The summed E-state index contributed by atoms with van der Waals surface area (Å²) < 4.78 is 0.989. The number of amides is 2. The molecule has 0 atom stereocenters. The molecular formula is C16H12BrClN2O. The van der Waals surface area contributed by atoms with E-state index in [-0.39, 0.29) is 0 Å². The second-order valence-corrected chi connectivity index (χ2v) is 6.16. The molecule has 0 fully saturated rings. The zero-order valence-electron chi connectivity index (χ0n) is 11.0. The van der Waals surface area contributed by atoms with E-state index in [0.717, 1.165) is 26.9 Å². The second kappa shape index (κ2) is 5.54. The monoisotopic (exact) mass is 362 g/mol. The van der Waals surface area contributed by atoms with Crippen LogP contribution in [0.2, 0.25) is 5.02 Å². The first-order chi connectivity index (χ1) is 10.0. The van der Waals surface area contributed by atoms with E-state index in [1.165, 1.54) is 0 Å². The summed E-state index contributed by atoms with van der Waals surface area (Å²) in [5.74, 6) is 0. The molecule has 0 bridgehead atoms. The third-order valence-electron chi connectivity index (χ3n) is 3.43. The number of hydrogen-bond donors (Lipinski definition) is 1. The number of rotatable bonds is 0. The van der Waals surface area contributed by atoms with Crippen molar-refractivity contribution in [2.75, 3.05) is 4.90 Å². The second-order valence-electron chi connectivity index (χ2n) is 4.80. The molecule has 0 spiro atoms. The summed E-state index contributed by atoms with van der Waals surface area (Å²) >= 11 is 9.51. The van der Waals surface area contributed by atoms with Crippen molar-refractivity contribution in [1.82, 2.24) is 0 Å². The first-order valence-corrected chi connectivity index (χ1v) is 7.55. The van der Waals surface area contributed by atoms with Gasteiger partial charge in [0.1, 0.15) is 0 Å². The molecule has 0 unspecified atom stereocenters. The third kappa shape index (κ3) is 2.82. The van der Waals surface area contributed by atoms with Gasteiger partial charge in [0.15, 0.2) is 0 Å². The predicted octanol–water partition coefficient (Wildman–Crippen LogP) is 4.67. The van der Waals surface area contributed by atoms with Crippen molar-refractivity contribution in [1.29, 1.82) is 0 Å². The highest BCUT2D eigenvalue weighted by atomic mass is 79.9. The number of urea groups is 1. The maximum Gasteiger partial charge on any atom is 0.319 e. The Balaban J connectivity index is 2.21. The molecule has 2 N–H and O–H groups in total. The fourth-order valence-corrected chi connectivity index (χ4v) is 2.96. The molecule has 0 saturated carbocycles. The highest BCUT2D eigenvalue weighted by Gasteiger charge is 2.19. The highest BCUT2D eigenvalue weighted by Crippen LogP contribution is 2.31. The molecule has 21 heavy (non-hydrogen) atoms.